The van der Waals surface area contributed by atoms with Crippen LogP contribution in [-0.2, 0) is 19.1 Å². The second-order valence-electron chi connectivity index (χ2n) is 4.36. The first-order chi connectivity index (χ1) is 8.40. The first-order valence-electron chi connectivity index (χ1n) is 5.87. The van der Waals surface area contributed by atoms with E-state index in [-0.39, 0.29) is 23.1 Å². The molecule has 0 N–H and O–H groups in total. The molecule has 1 atom stereocenters. The Morgan fingerprint density at radius 3 is 2.00 bits per heavy atom. The molecule has 18 heavy (non-hydrogen) atoms. The highest BCUT2D eigenvalue weighted by Gasteiger charge is 2.27. The largest absolute Gasteiger partial charge is 0.462 e. The van der Waals surface area contributed by atoms with E-state index < -0.39 is 11.2 Å². The summed E-state index contributed by atoms with van der Waals surface area (Å²) in [6, 6.07) is 0. The summed E-state index contributed by atoms with van der Waals surface area (Å²) in [7, 11) is 0. The molecule has 102 valence electrons. The third-order valence-corrected chi connectivity index (χ3v) is 3.15. The normalized spacial score (nSPS) is 25.1. The molecule has 4 nitrogen and oxygen atoms in total. The second kappa shape index (κ2) is 7.09. The van der Waals surface area contributed by atoms with Crippen LogP contribution in [0.15, 0.2) is 11.5 Å². The van der Waals surface area contributed by atoms with Gasteiger partial charge in [-0.2, -0.15) is 12.6 Å². The highest BCUT2D eigenvalue weighted by Crippen LogP contribution is 2.25. The predicted molar refractivity (Wildman–Crippen MR) is 74.8 cm³/mol. The van der Waals surface area contributed by atoms with Crippen LogP contribution >= 0.6 is 25.3 Å². The van der Waals surface area contributed by atoms with Crippen LogP contribution in [0, 0.1) is 0 Å². The molecular formula is C12H18O4S2. The van der Waals surface area contributed by atoms with E-state index >= 15 is 0 Å². The van der Waals surface area contributed by atoms with E-state index in [1.807, 2.05) is 0 Å². The smallest absolute Gasteiger partial charge is 0.343 e. The summed E-state index contributed by atoms with van der Waals surface area (Å²) in [5, 5.41) is -0.409. The third-order valence-electron chi connectivity index (χ3n) is 2.75. The number of carbonyl (C=O) groups excluding carboxylic acids is 2. The van der Waals surface area contributed by atoms with Crippen LogP contribution in [0.2, 0.25) is 0 Å². The Balaban J connectivity index is 2.31. The molecule has 0 bridgehead atoms. The first kappa shape index (κ1) is 15.4. The second-order valence-corrected chi connectivity index (χ2v) is 5.68. The molecule has 0 aromatic carbocycles. The van der Waals surface area contributed by atoms with Crippen molar-refractivity contribution in [3.63, 3.8) is 0 Å². The minimum absolute atomic E-state index is 0.0961. The lowest BCUT2D eigenvalue weighted by molar-refractivity contribution is -0.155. The van der Waals surface area contributed by atoms with Crippen molar-refractivity contribution in [1.82, 2.24) is 0 Å². The quantitative estimate of drug-likeness (QED) is 0.473. The molecule has 0 amide bonds. The fraction of sp³-hybridized carbons (Fsp3) is 0.667. The monoisotopic (exact) mass is 290 g/mol. The molecule has 1 fully saturated rings. The molecular weight excluding hydrogens is 272 g/mol. The maximum Gasteiger partial charge on any atom is 0.343 e. The SMILES string of the molecule is C=C(S)C(=O)OC1CCC(OC(=O)C(C)S)CC1. The molecule has 0 aromatic rings. The molecule has 1 saturated carbocycles. The van der Waals surface area contributed by atoms with Crippen molar-refractivity contribution in [2.45, 2.75) is 50.1 Å². The molecule has 1 unspecified atom stereocenters. The van der Waals surface area contributed by atoms with E-state index in [0.29, 0.717) is 25.7 Å². The van der Waals surface area contributed by atoms with E-state index in [4.69, 9.17) is 9.47 Å². The van der Waals surface area contributed by atoms with E-state index in [2.05, 4.69) is 31.8 Å². The fourth-order valence-electron chi connectivity index (χ4n) is 1.75. The van der Waals surface area contributed by atoms with Gasteiger partial charge in [-0.25, -0.2) is 4.79 Å². The Bertz CT molecular complexity index is 333. The van der Waals surface area contributed by atoms with Crippen molar-refractivity contribution in [3.05, 3.63) is 11.5 Å². The zero-order chi connectivity index (χ0) is 13.7. The van der Waals surface area contributed by atoms with Crippen molar-refractivity contribution in [3.8, 4) is 0 Å². The predicted octanol–water partition coefficient (Wildman–Crippen LogP) is 2.15. The lowest BCUT2D eigenvalue weighted by Gasteiger charge is -2.28. The topological polar surface area (TPSA) is 52.6 Å². The molecule has 0 radical (unpaired) electrons. The van der Waals surface area contributed by atoms with Gasteiger partial charge in [0.05, 0.1) is 10.2 Å². The molecule has 0 aliphatic heterocycles. The first-order valence-corrected chi connectivity index (χ1v) is 6.84. The van der Waals surface area contributed by atoms with E-state index in [9.17, 15) is 9.59 Å². The van der Waals surface area contributed by atoms with Gasteiger partial charge >= 0.3 is 11.9 Å². The number of ether oxygens (including phenoxy) is 2. The van der Waals surface area contributed by atoms with Crippen molar-refractivity contribution in [1.29, 1.82) is 0 Å². The van der Waals surface area contributed by atoms with Crippen LogP contribution < -0.4 is 0 Å². The Kier molecular flexibility index (Phi) is 6.08. The number of carbonyl (C=O) groups is 2. The van der Waals surface area contributed by atoms with Gasteiger partial charge < -0.3 is 9.47 Å². The summed E-state index contributed by atoms with van der Waals surface area (Å²) < 4.78 is 10.4. The van der Waals surface area contributed by atoms with Crippen LogP contribution in [0.1, 0.15) is 32.6 Å². The van der Waals surface area contributed by atoms with Crippen LogP contribution in [0.5, 0.6) is 0 Å². The Morgan fingerprint density at radius 1 is 1.17 bits per heavy atom. The van der Waals surface area contributed by atoms with Crippen LogP contribution in [0.4, 0.5) is 0 Å². The van der Waals surface area contributed by atoms with Crippen LogP contribution in [0.25, 0.3) is 0 Å². The highest BCUT2D eigenvalue weighted by atomic mass is 32.1. The van der Waals surface area contributed by atoms with Gasteiger partial charge in [0.25, 0.3) is 0 Å². The average Bonchev–Trinajstić information content (AvgIpc) is 2.31. The summed E-state index contributed by atoms with van der Waals surface area (Å²) in [5.74, 6) is -0.787. The van der Waals surface area contributed by atoms with Gasteiger partial charge in [-0.1, -0.05) is 6.58 Å². The Morgan fingerprint density at radius 2 is 1.61 bits per heavy atom. The van der Waals surface area contributed by atoms with Crippen molar-refractivity contribution < 1.29 is 19.1 Å². The van der Waals surface area contributed by atoms with Gasteiger partial charge in [0, 0.05) is 0 Å². The number of hydrogen-bond donors (Lipinski definition) is 2. The molecule has 0 spiro atoms. The van der Waals surface area contributed by atoms with Gasteiger partial charge in [0.1, 0.15) is 12.2 Å². The fourth-order valence-corrected chi connectivity index (χ4v) is 1.86. The minimum atomic E-state index is -0.484. The van der Waals surface area contributed by atoms with E-state index in [1.54, 1.807) is 6.92 Å². The minimum Gasteiger partial charge on any atom is -0.462 e. The van der Waals surface area contributed by atoms with Gasteiger partial charge in [-0.05, 0) is 32.6 Å². The van der Waals surface area contributed by atoms with Gasteiger partial charge in [-0.3, -0.25) is 4.79 Å². The van der Waals surface area contributed by atoms with E-state index in [0.717, 1.165) is 0 Å². The number of hydrogen-bond acceptors (Lipinski definition) is 6. The van der Waals surface area contributed by atoms with Gasteiger partial charge in [0.15, 0.2) is 0 Å². The Labute approximate surface area is 118 Å². The summed E-state index contributed by atoms with van der Waals surface area (Å²) in [6.45, 7) is 5.08. The molecule has 1 rings (SSSR count). The molecule has 1 aliphatic carbocycles. The van der Waals surface area contributed by atoms with Gasteiger partial charge in [0.2, 0.25) is 0 Å². The van der Waals surface area contributed by atoms with Gasteiger partial charge in [-0.15, -0.1) is 12.6 Å². The molecule has 6 heteroatoms. The summed E-state index contributed by atoms with van der Waals surface area (Å²) in [4.78, 5) is 22.7. The molecule has 0 aromatic heterocycles. The maximum atomic E-state index is 11.4. The highest BCUT2D eigenvalue weighted by molar-refractivity contribution is 7.85. The standard InChI is InChI=1S/C12H18O4S2/c1-7(17)11(13)15-9-3-5-10(6-4-9)16-12(14)8(2)18/h8-10,17-18H,1,3-6H2,2H3. The zero-order valence-corrected chi connectivity index (χ0v) is 12.1. The average molecular weight is 290 g/mol. The van der Waals surface area contributed by atoms with Crippen molar-refractivity contribution >= 4 is 37.2 Å². The number of rotatable bonds is 4. The summed E-state index contributed by atoms with van der Waals surface area (Å²) in [6.07, 6.45) is 2.54. The van der Waals surface area contributed by atoms with Crippen LogP contribution in [0.3, 0.4) is 0 Å². The summed E-state index contributed by atoms with van der Waals surface area (Å²) >= 11 is 7.85. The van der Waals surface area contributed by atoms with Crippen molar-refractivity contribution in [2.24, 2.45) is 0 Å². The Hall–Kier alpha value is -0.620. The number of thiol groups is 2. The number of esters is 2. The lowest BCUT2D eigenvalue weighted by Crippen LogP contribution is -2.31. The van der Waals surface area contributed by atoms with Crippen molar-refractivity contribution in [2.75, 3.05) is 0 Å². The molecule has 1 aliphatic rings. The molecule has 0 heterocycles. The zero-order valence-electron chi connectivity index (χ0n) is 10.3. The lowest BCUT2D eigenvalue weighted by atomic mass is 9.95. The summed E-state index contributed by atoms with van der Waals surface area (Å²) in [5.41, 5.74) is 0. The van der Waals surface area contributed by atoms with E-state index in [1.165, 1.54) is 0 Å². The maximum absolute atomic E-state index is 11.4. The molecule has 0 saturated heterocycles. The third kappa shape index (κ3) is 4.94. The van der Waals surface area contributed by atoms with Crippen LogP contribution in [-0.4, -0.2) is 29.4 Å².